The standard InChI is InChI=1S/C16H21BrO4/c1-3-4-10-20-15(18)8-9-16(19)21-12(2)13-6-5-7-14(17)11-13/h5-7,11-12H,3-4,8-10H2,1-2H3. The van der Waals surface area contributed by atoms with E-state index in [9.17, 15) is 9.59 Å². The number of benzene rings is 1. The highest BCUT2D eigenvalue weighted by Gasteiger charge is 2.14. The molecule has 0 aliphatic carbocycles. The molecule has 1 rings (SSSR count). The van der Waals surface area contributed by atoms with E-state index < -0.39 is 5.97 Å². The Morgan fingerprint density at radius 2 is 1.95 bits per heavy atom. The van der Waals surface area contributed by atoms with E-state index in [0.29, 0.717) is 6.61 Å². The highest BCUT2D eigenvalue weighted by atomic mass is 79.9. The van der Waals surface area contributed by atoms with Gasteiger partial charge in [-0.05, 0) is 31.0 Å². The molecule has 1 unspecified atom stereocenters. The molecule has 0 spiro atoms. The van der Waals surface area contributed by atoms with Crippen molar-refractivity contribution in [3.8, 4) is 0 Å². The Morgan fingerprint density at radius 1 is 1.24 bits per heavy atom. The number of carbonyl (C=O) groups excluding carboxylic acids is 2. The summed E-state index contributed by atoms with van der Waals surface area (Å²) in [5.41, 5.74) is 0.906. The van der Waals surface area contributed by atoms with E-state index in [1.54, 1.807) is 6.92 Å². The Labute approximate surface area is 133 Å². The van der Waals surface area contributed by atoms with Crippen molar-refractivity contribution < 1.29 is 19.1 Å². The molecule has 0 N–H and O–H groups in total. The molecule has 0 amide bonds. The van der Waals surface area contributed by atoms with Crippen molar-refractivity contribution in [2.24, 2.45) is 0 Å². The second-order valence-corrected chi connectivity index (χ2v) is 5.68. The average Bonchev–Trinajstić information content (AvgIpc) is 2.45. The van der Waals surface area contributed by atoms with Gasteiger partial charge >= 0.3 is 11.9 Å². The van der Waals surface area contributed by atoms with E-state index in [4.69, 9.17) is 9.47 Å². The molecular formula is C16H21BrO4. The third kappa shape index (κ3) is 7.27. The molecule has 0 fully saturated rings. The number of carbonyl (C=O) groups is 2. The largest absolute Gasteiger partial charge is 0.466 e. The normalized spacial score (nSPS) is 11.8. The number of rotatable bonds is 8. The quantitative estimate of drug-likeness (QED) is 0.517. The minimum Gasteiger partial charge on any atom is -0.466 e. The van der Waals surface area contributed by atoms with E-state index in [0.717, 1.165) is 22.9 Å². The Hall–Kier alpha value is -1.36. The van der Waals surface area contributed by atoms with Gasteiger partial charge in [0.2, 0.25) is 0 Å². The van der Waals surface area contributed by atoms with Crippen molar-refractivity contribution in [1.82, 2.24) is 0 Å². The molecule has 0 bridgehead atoms. The van der Waals surface area contributed by atoms with E-state index in [-0.39, 0.29) is 24.9 Å². The maximum atomic E-state index is 11.7. The van der Waals surface area contributed by atoms with E-state index in [1.165, 1.54) is 0 Å². The van der Waals surface area contributed by atoms with Crippen molar-refractivity contribution in [2.45, 2.75) is 45.6 Å². The molecule has 0 heterocycles. The molecule has 116 valence electrons. The topological polar surface area (TPSA) is 52.6 Å². The number of ether oxygens (including phenoxy) is 2. The van der Waals surface area contributed by atoms with Crippen LogP contribution in [0.5, 0.6) is 0 Å². The molecule has 0 aliphatic rings. The van der Waals surface area contributed by atoms with Crippen LogP contribution in [0.25, 0.3) is 0 Å². The van der Waals surface area contributed by atoms with Gasteiger partial charge in [0.25, 0.3) is 0 Å². The molecule has 1 aromatic carbocycles. The molecular weight excluding hydrogens is 336 g/mol. The first-order chi connectivity index (χ1) is 10.0. The first-order valence-corrected chi connectivity index (χ1v) is 7.92. The van der Waals surface area contributed by atoms with Crippen LogP contribution in [0.15, 0.2) is 28.7 Å². The van der Waals surface area contributed by atoms with E-state index in [1.807, 2.05) is 31.2 Å². The summed E-state index contributed by atoms with van der Waals surface area (Å²) >= 11 is 3.37. The summed E-state index contributed by atoms with van der Waals surface area (Å²) in [5, 5.41) is 0. The third-order valence-corrected chi connectivity index (χ3v) is 3.41. The van der Waals surface area contributed by atoms with Gasteiger partial charge in [-0.1, -0.05) is 41.4 Å². The highest BCUT2D eigenvalue weighted by Crippen LogP contribution is 2.21. The van der Waals surface area contributed by atoms with Gasteiger partial charge < -0.3 is 9.47 Å². The maximum absolute atomic E-state index is 11.7. The summed E-state index contributed by atoms with van der Waals surface area (Å²) in [6, 6.07) is 7.58. The number of halogens is 1. The van der Waals surface area contributed by atoms with E-state index in [2.05, 4.69) is 15.9 Å². The van der Waals surface area contributed by atoms with Crippen LogP contribution < -0.4 is 0 Å². The van der Waals surface area contributed by atoms with Crippen LogP contribution in [-0.2, 0) is 19.1 Å². The molecule has 0 saturated heterocycles. The van der Waals surface area contributed by atoms with Crippen LogP contribution in [-0.4, -0.2) is 18.5 Å². The second-order valence-electron chi connectivity index (χ2n) is 4.76. The first kappa shape index (κ1) is 17.7. The molecule has 5 heteroatoms. The zero-order chi connectivity index (χ0) is 15.7. The lowest BCUT2D eigenvalue weighted by Crippen LogP contribution is -2.12. The second kappa shape index (κ2) is 9.55. The summed E-state index contributed by atoms with van der Waals surface area (Å²) in [6.07, 6.45) is 1.58. The van der Waals surface area contributed by atoms with Gasteiger partial charge in [0, 0.05) is 4.47 Å². The molecule has 0 saturated carbocycles. The Balaban J connectivity index is 2.31. The van der Waals surface area contributed by atoms with Gasteiger partial charge in [-0.2, -0.15) is 0 Å². The predicted molar refractivity (Wildman–Crippen MR) is 83.8 cm³/mol. The average molecular weight is 357 g/mol. The van der Waals surface area contributed by atoms with Gasteiger partial charge in [0.15, 0.2) is 0 Å². The molecule has 0 radical (unpaired) electrons. The van der Waals surface area contributed by atoms with Crippen molar-refractivity contribution in [1.29, 1.82) is 0 Å². The third-order valence-electron chi connectivity index (χ3n) is 2.92. The smallest absolute Gasteiger partial charge is 0.306 e. The number of hydrogen-bond acceptors (Lipinski definition) is 4. The summed E-state index contributed by atoms with van der Waals surface area (Å²) < 4.78 is 11.2. The van der Waals surface area contributed by atoms with Crippen LogP contribution in [0.4, 0.5) is 0 Å². The fourth-order valence-corrected chi connectivity index (χ4v) is 2.11. The minimum absolute atomic E-state index is 0.0449. The summed E-state index contributed by atoms with van der Waals surface area (Å²) in [6.45, 7) is 4.24. The van der Waals surface area contributed by atoms with Crippen LogP contribution in [0.3, 0.4) is 0 Å². The lowest BCUT2D eigenvalue weighted by atomic mass is 10.1. The molecule has 21 heavy (non-hydrogen) atoms. The first-order valence-electron chi connectivity index (χ1n) is 7.13. The zero-order valence-corrected chi connectivity index (χ0v) is 14.0. The van der Waals surface area contributed by atoms with E-state index >= 15 is 0 Å². The van der Waals surface area contributed by atoms with Crippen molar-refractivity contribution in [3.05, 3.63) is 34.3 Å². The fraction of sp³-hybridized carbons (Fsp3) is 0.500. The molecule has 1 aromatic rings. The van der Waals surface area contributed by atoms with Gasteiger partial charge in [0.05, 0.1) is 19.4 Å². The monoisotopic (exact) mass is 356 g/mol. The Bertz CT molecular complexity index is 473. The summed E-state index contributed by atoms with van der Waals surface area (Å²) in [5.74, 6) is -0.745. The van der Waals surface area contributed by atoms with Crippen molar-refractivity contribution in [2.75, 3.05) is 6.61 Å². The van der Waals surface area contributed by atoms with Crippen molar-refractivity contribution in [3.63, 3.8) is 0 Å². The molecule has 0 aliphatic heterocycles. The van der Waals surface area contributed by atoms with Crippen LogP contribution in [0.2, 0.25) is 0 Å². The lowest BCUT2D eigenvalue weighted by molar-refractivity contribution is -0.153. The number of hydrogen-bond donors (Lipinski definition) is 0. The van der Waals surface area contributed by atoms with Crippen LogP contribution in [0.1, 0.15) is 51.2 Å². The van der Waals surface area contributed by atoms with Crippen molar-refractivity contribution >= 4 is 27.9 Å². The van der Waals surface area contributed by atoms with Gasteiger partial charge in [-0.25, -0.2) is 0 Å². The number of unbranched alkanes of at least 4 members (excludes halogenated alkanes) is 1. The minimum atomic E-state index is -0.394. The van der Waals surface area contributed by atoms with Gasteiger partial charge in [-0.3, -0.25) is 9.59 Å². The van der Waals surface area contributed by atoms with Gasteiger partial charge in [-0.15, -0.1) is 0 Å². The predicted octanol–water partition coefficient (Wildman–Crippen LogP) is 4.18. The zero-order valence-electron chi connectivity index (χ0n) is 12.4. The van der Waals surface area contributed by atoms with Crippen LogP contribution in [0, 0.1) is 0 Å². The summed E-state index contributed by atoms with van der Waals surface area (Å²) in [4.78, 5) is 23.1. The Morgan fingerprint density at radius 3 is 2.62 bits per heavy atom. The molecule has 1 atom stereocenters. The van der Waals surface area contributed by atoms with Crippen LogP contribution >= 0.6 is 15.9 Å². The lowest BCUT2D eigenvalue weighted by Gasteiger charge is -2.13. The maximum Gasteiger partial charge on any atom is 0.306 e. The Kier molecular flexibility index (Phi) is 8.05. The SMILES string of the molecule is CCCCOC(=O)CCC(=O)OC(C)c1cccc(Br)c1. The fourth-order valence-electron chi connectivity index (χ4n) is 1.69. The highest BCUT2D eigenvalue weighted by molar-refractivity contribution is 9.10. The molecule has 4 nitrogen and oxygen atoms in total. The summed E-state index contributed by atoms with van der Waals surface area (Å²) in [7, 11) is 0. The molecule has 0 aromatic heterocycles. The van der Waals surface area contributed by atoms with Gasteiger partial charge in [0.1, 0.15) is 6.10 Å². The number of esters is 2.